The molecule has 5 heteroatoms. The number of anilines is 1. The van der Waals surface area contributed by atoms with Gasteiger partial charge in [0, 0.05) is 31.3 Å². The van der Waals surface area contributed by atoms with Crippen LogP contribution in [0.25, 0.3) is 0 Å². The molecule has 1 unspecified atom stereocenters. The minimum absolute atomic E-state index is 0.0137. The monoisotopic (exact) mass is 213 g/mol. The third-order valence-corrected chi connectivity index (χ3v) is 2.75. The lowest BCUT2D eigenvalue weighted by Crippen LogP contribution is -2.28. The number of aromatic nitrogens is 2. The summed E-state index contributed by atoms with van der Waals surface area (Å²) in [6.45, 7) is 0.270. The van der Waals surface area contributed by atoms with Crippen LogP contribution in [0.15, 0.2) is 18.6 Å². The van der Waals surface area contributed by atoms with E-state index in [1.165, 1.54) is 12.4 Å². The van der Waals surface area contributed by atoms with Gasteiger partial charge >= 0.3 is 0 Å². The van der Waals surface area contributed by atoms with Crippen LogP contribution in [0.5, 0.6) is 0 Å². The van der Waals surface area contributed by atoms with Gasteiger partial charge in [0.2, 0.25) is 0 Å². The molecule has 1 aromatic rings. The van der Waals surface area contributed by atoms with Gasteiger partial charge in [-0.2, -0.15) is 0 Å². The zero-order chi connectivity index (χ0) is 10.7. The fourth-order valence-electron chi connectivity index (χ4n) is 1.87. The van der Waals surface area contributed by atoms with Gasteiger partial charge in [-0.25, -0.2) is 13.8 Å². The first-order valence-corrected chi connectivity index (χ1v) is 5.06. The predicted molar refractivity (Wildman–Crippen MR) is 52.8 cm³/mol. The standard InChI is InChI=1S/C10H13F2N3/c11-10(12)3-1-2-8(10)6-15-9-7-13-4-5-14-9/h4-5,7-8H,1-3,6H2,(H,14,15). The van der Waals surface area contributed by atoms with Crippen molar-refractivity contribution in [1.29, 1.82) is 0 Å². The molecule has 1 atom stereocenters. The lowest BCUT2D eigenvalue weighted by atomic mass is 10.1. The summed E-state index contributed by atoms with van der Waals surface area (Å²) in [6.07, 6.45) is 5.83. The van der Waals surface area contributed by atoms with E-state index in [4.69, 9.17) is 0 Å². The zero-order valence-corrected chi connectivity index (χ0v) is 8.29. The average molecular weight is 213 g/mol. The molecule has 82 valence electrons. The Labute approximate surface area is 86.9 Å². The lowest BCUT2D eigenvalue weighted by Gasteiger charge is -2.19. The van der Waals surface area contributed by atoms with E-state index in [1.54, 1.807) is 6.20 Å². The first kappa shape index (κ1) is 10.3. The first-order valence-electron chi connectivity index (χ1n) is 5.06. The van der Waals surface area contributed by atoms with E-state index in [1.807, 2.05) is 0 Å². The molecule has 1 fully saturated rings. The highest BCUT2D eigenvalue weighted by Crippen LogP contribution is 2.40. The summed E-state index contributed by atoms with van der Waals surface area (Å²) in [7, 11) is 0. The van der Waals surface area contributed by atoms with Crippen LogP contribution in [0.4, 0.5) is 14.6 Å². The largest absolute Gasteiger partial charge is 0.368 e. The van der Waals surface area contributed by atoms with E-state index >= 15 is 0 Å². The van der Waals surface area contributed by atoms with Crippen molar-refractivity contribution >= 4 is 5.82 Å². The first-order chi connectivity index (χ1) is 7.18. The van der Waals surface area contributed by atoms with Gasteiger partial charge in [-0.1, -0.05) is 0 Å². The van der Waals surface area contributed by atoms with E-state index in [0.717, 1.165) is 0 Å². The van der Waals surface area contributed by atoms with Gasteiger partial charge in [0.25, 0.3) is 5.92 Å². The molecular weight excluding hydrogens is 200 g/mol. The van der Waals surface area contributed by atoms with Crippen molar-refractivity contribution in [3.63, 3.8) is 0 Å². The van der Waals surface area contributed by atoms with E-state index in [-0.39, 0.29) is 13.0 Å². The van der Waals surface area contributed by atoms with Gasteiger partial charge < -0.3 is 5.32 Å². The van der Waals surface area contributed by atoms with Crippen LogP contribution in [-0.4, -0.2) is 22.4 Å². The van der Waals surface area contributed by atoms with Crippen LogP contribution in [0.3, 0.4) is 0 Å². The number of hydrogen-bond donors (Lipinski definition) is 1. The minimum Gasteiger partial charge on any atom is -0.368 e. The van der Waals surface area contributed by atoms with Gasteiger partial charge in [-0.15, -0.1) is 0 Å². The molecule has 0 spiro atoms. The summed E-state index contributed by atoms with van der Waals surface area (Å²) in [6, 6.07) is 0. The normalized spacial score (nSPS) is 24.0. The van der Waals surface area contributed by atoms with Gasteiger partial charge in [-0.05, 0) is 12.8 Å². The number of nitrogens with zero attached hydrogens (tertiary/aromatic N) is 2. The molecule has 1 aliphatic rings. The summed E-state index contributed by atoms with van der Waals surface area (Å²) >= 11 is 0. The molecule has 1 aliphatic carbocycles. The number of hydrogen-bond acceptors (Lipinski definition) is 3. The van der Waals surface area contributed by atoms with Crippen LogP contribution in [0.1, 0.15) is 19.3 Å². The molecule has 1 N–H and O–H groups in total. The Hall–Kier alpha value is -1.26. The van der Waals surface area contributed by atoms with Gasteiger partial charge in [0.15, 0.2) is 0 Å². The second-order valence-electron chi connectivity index (χ2n) is 3.82. The highest BCUT2D eigenvalue weighted by Gasteiger charge is 2.43. The number of rotatable bonds is 3. The van der Waals surface area contributed by atoms with Gasteiger partial charge in [0.05, 0.1) is 6.20 Å². The smallest absolute Gasteiger partial charge is 0.252 e. The molecule has 0 aliphatic heterocycles. The highest BCUT2D eigenvalue weighted by atomic mass is 19.3. The van der Waals surface area contributed by atoms with Crippen LogP contribution < -0.4 is 5.32 Å². The quantitative estimate of drug-likeness (QED) is 0.837. The topological polar surface area (TPSA) is 37.8 Å². The Kier molecular flexibility index (Phi) is 2.79. The minimum atomic E-state index is -2.52. The van der Waals surface area contributed by atoms with Gasteiger partial charge in [-0.3, -0.25) is 4.98 Å². The van der Waals surface area contributed by atoms with Crippen molar-refractivity contribution in [2.75, 3.05) is 11.9 Å². The Bertz CT molecular complexity index is 316. The molecule has 15 heavy (non-hydrogen) atoms. The third-order valence-electron chi connectivity index (χ3n) is 2.75. The van der Waals surface area contributed by atoms with E-state index in [0.29, 0.717) is 18.7 Å². The summed E-state index contributed by atoms with van der Waals surface area (Å²) in [5.74, 6) is -2.53. The van der Waals surface area contributed by atoms with Crippen molar-refractivity contribution in [3.8, 4) is 0 Å². The Balaban J connectivity index is 1.89. The van der Waals surface area contributed by atoms with E-state index in [9.17, 15) is 8.78 Å². The Morgan fingerprint density at radius 3 is 2.93 bits per heavy atom. The van der Waals surface area contributed by atoms with Crippen LogP contribution in [0, 0.1) is 5.92 Å². The van der Waals surface area contributed by atoms with Crippen LogP contribution in [-0.2, 0) is 0 Å². The average Bonchev–Trinajstić information content (AvgIpc) is 2.56. The van der Waals surface area contributed by atoms with Crippen LogP contribution >= 0.6 is 0 Å². The van der Waals surface area contributed by atoms with Crippen molar-refractivity contribution in [1.82, 2.24) is 9.97 Å². The Morgan fingerprint density at radius 1 is 1.47 bits per heavy atom. The second-order valence-corrected chi connectivity index (χ2v) is 3.82. The summed E-state index contributed by atoms with van der Waals surface area (Å²) < 4.78 is 26.5. The molecule has 0 saturated heterocycles. The number of nitrogens with one attached hydrogen (secondary N) is 1. The summed E-state index contributed by atoms with van der Waals surface area (Å²) in [5.41, 5.74) is 0. The summed E-state index contributed by atoms with van der Waals surface area (Å²) in [4.78, 5) is 7.82. The van der Waals surface area contributed by atoms with Gasteiger partial charge in [0.1, 0.15) is 5.82 Å². The van der Waals surface area contributed by atoms with Crippen molar-refractivity contribution in [2.45, 2.75) is 25.2 Å². The van der Waals surface area contributed by atoms with Crippen LogP contribution in [0.2, 0.25) is 0 Å². The maximum Gasteiger partial charge on any atom is 0.252 e. The number of alkyl halides is 2. The molecule has 1 saturated carbocycles. The number of halogens is 2. The second kappa shape index (κ2) is 4.08. The van der Waals surface area contributed by atoms with Crippen molar-refractivity contribution < 1.29 is 8.78 Å². The zero-order valence-electron chi connectivity index (χ0n) is 8.29. The maximum absolute atomic E-state index is 13.2. The fourth-order valence-corrected chi connectivity index (χ4v) is 1.87. The predicted octanol–water partition coefficient (Wildman–Crippen LogP) is 2.32. The summed E-state index contributed by atoms with van der Waals surface area (Å²) in [5, 5.41) is 2.89. The molecule has 0 radical (unpaired) electrons. The molecule has 0 amide bonds. The lowest BCUT2D eigenvalue weighted by molar-refractivity contribution is -0.0318. The van der Waals surface area contributed by atoms with Crippen molar-refractivity contribution in [2.24, 2.45) is 5.92 Å². The van der Waals surface area contributed by atoms with Crippen molar-refractivity contribution in [3.05, 3.63) is 18.6 Å². The molecule has 0 bridgehead atoms. The highest BCUT2D eigenvalue weighted by molar-refractivity contribution is 5.29. The molecule has 1 aromatic heterocycles. The third kappa shape index (κ3) is 2.40. The molecule has 2 rings (SSSR count). The molecule has 3 nitrogen and oxygen atoms in total. The molecule has 0 aromatic carbocycles. The SMILES string of the molecule is FC1(F)CCCC1CNc1cnccn1. The molecular formula is C10H13F2N3. The fraction of sp³-hybridized carbons (Fsp3) is 0.600. The Morgan fingerprint density at radius 2 is 2.33 bits per heavy atom. The van der Waals surface area contributed by atoms with E-state index in [2.05, 4.69) is 15.3 Å². The van der Waals surface area contributed by atoms with E-state index < -0.39 is 11.8 Å². The molecule has 1 heterocycles. The maximum atomic E-state index is 13.2.